The number of hydrogen-bond acceptors (Lipinski definition) is 2. The Kier molecular flexibility index (Phi) is 6.51. The molecule has 0 aliphatic carbocycles. The van der Waals surface area contributed by atoms with E-state index in [0.29, 0.717) is 0 Å². The average molecular weight is 175 g/mol. The van der Waals surface area contributed by atoms with Crippen molar-refractivity contribution in [3.8, 4) is 0 Å². The molecule has 0 spiro atoms. The molecule has 54 valence electrons. The summed E-state index contributed by atoms with van der Waals surface area (Å²) in [5, 5.41) is 12.9. The van der Waals surface area contributed by atoms with Crippen molar-refractivity contribution < 1.29 is 56.5 Å². The van der Waals surface area contributed by atoms with E-state index in [9.17, 15) is 5.11 Å². The summed E-state index contributed by atoms with van der Waals surface area (Å²) in [4.78, 5) is 0. The van der Waals surface area contributed by atoms with Crippen molar-refractivity contribution in [2.75, 3.05) is 12.0 Å². The molecular formula is C8H10KNO. The summed E-state index contributed by atoms with van der Waals surface area (Å²) in [7, 11) is 0. The Labute approximate surface area is 109 Å². The van der Waals surface area contributed by atoms with Crippen LogP contribution in [0, 0.1) is 6.92 Å². The molecule has 0 aliphatic rings. The van der Waals surface area contributed by atoms with Gasteiger partial charge >= 0.3 is 51.4 Å². The van der Waals surface area contributed by atoms with Crippen molar-refractivity contribution in [3.63, 3.8) is 0 Å². The Balaban J connectivity index is 0.000001000. The van der Waals surface area contributed by atoms with Crippen LogP contribution in [0.1, 0.15) is 5.56 Å². The van der Waals surface area contributed by atoms with E-state index in [1.54, 1.807) is 0 Å². The predicted molar refractivity (Wildman–Crippen MR) is 39.7 cm³/mol. The maximum Gasteiger partial charge on any atom is 1.00 e. The fourth-order valence-corrected chi connectivity index (χ4v) is 0.849. The number of hydrogen-bond donors (Lipinski definition) is 1. The number of anilines is 1. The largest absolute Gasteiger partial charge is 1.00 e. The summed E-state index contributed by atoms with van der Waals surface area (Å²) in [5.41, 5.74) is 2.04. The van der Waals surface area contributed by atoms with Crippen molar-refractivity contribution in [1.29, 1.82) is 0 Å². The van der Waals surface area contributed by atoms with Gasteiger partial charge in [-0.15, -0.1) is 0 Å². The molecule has 0 aliphatic heterocycles. The van der Waals surface area contributed by atoms with E-state index in [1.807, 2.05) is 31.2 Å². The van der Waals surface area contributed by atoms with E-state index in [-0.39, 0.29) is 58.1 Å². The Morgan fingerprint density at radius 3 is 2.55 bits per heavy atom. The van der Waals surface area contributed by atoms with Crippen molar-refractivity contribution in [2.24, 2.45) is 0 Å². The van der Waals surface area contributed by atoms with Crippen molar-refractivity contribution in [3.05, 3.63) is 29.8 Å². The first-order valence-corrected chi connectivity index (χ1v) is 3.22. The van der Waals surface area contributed by atoms with Gasteiger partial charge in [0.25, 0.3) is 0 Å². The molecule has 0 unspecified atom stereocenters. The van der Waals surface area contributed by atoms with Crippen LogP contribution in [0.4, 0.5) is 5.69 Å². The van der Waals surface area contributed by atoms with Crippen LogP contribution in [-0.4, -0.2) is 6.73 Å². The molecule has 0 saturated heterocycles. The molecule has 0 heterocycles. The number of nitrogens with one attached hydrogen (secondary N) is 1. The number of benzene rings is 1. The molecule has 0 atom stereocenters. The van der Waals surface area contributed by atoms with Crippen molar-refractivity contribution >= 4 is 5.69 Å². The molecule has 1 N–H and O–H groups in total. The van der Waals surface area contributed by atoms with E-state index in [1.165, 1.54) is 0 Å². The van der Waals surface area contributed by atoms with Gasteiger partial charge in [-0.3, -0.25) is 0 Å². The molecular weight excluding hydrogens is 165 g/mol. The van der Waals surface area contributed by atoms with Gasteiger partial charge < -0.3 is 10.4 Å². The zero-order chi connectivity index (χ0) is 7.40. The van der Waals surface area contributed by atoms with Crippen LogP contribution >= 0.6 is 0 Å². The van der Waals surface area contributed by atoms with E-state index < -0.39 is 0 Å². The van der Waals surface area contributed by atoms with Crippen LogP contribution in [0.15, 0.2) is 24.3 Å². The Morgan fingerprint density at radius 2 is 2.00 bits per heavy atom. The fraction of sp³-hybridized carbons (Fsp3) is 0.250. The van der Waals surface area contributed by atoms with E-state index in [2.05, 4.69) is 5.32 Å². The quantitative estimate of drug-likeness (QED) is 0.406. The molecule has 0 radical (unpaired) electrons. The minimum absolute atomic E-state index is 0. The van der Waals surface area contributed by atoms with Crippen LogP contribution in [-0.2, 0) is 0 Å². The Morgan fingerprint density at radius 1 is 1.36 bits per heavy atom. The monoisotopic (exact) mass is 175 g/mol. The SMILES string of the molecule is Cc1ccccc1NC[O-].[K+]. The third kappa shape index (κ3) is 3.69. The van der Waals surface area contributed by atoms with Gasteiger partial charge in [-0.25, -0.2) is 0 Å². The van der Waals surface area contributed by atoms with Crippen molar-refractivity contribution in [1.82, 2.24) is 0 Å². The standard InChI is InChI=1S/C8H10NO.K/c1-7-4-2-3-5-8(7)9-6-10;/h2-5,9H,6H2,1H3;/q-1;+1. The summed E-state index contributed by atoms with van der Waals surface area (Å²) >= 11 is 0. The number of para-hydroxylation sites is 1. The fourth-order valence-electron chi connectivity index (χ4n) is 0.849. The smallest absolute Gasteiger partial charge is 0.839 e. The van der Waals surface area contributed by atoms with Gasteiger partial charge in [0.1, 0.15) is 0 Å². The summed E-state index contributed by atoms with van der Waals surface area (Å²) in [6, 6.07) is 7.72. The molecule has 1 aromatic carbocycles. The number of rotatable bonds is 2. The second kappa shape index (κ2) is 6.17. The minimum atomic E-state index is -0.259. The molecule has 0 aromatic heterocycles. The minimum Gasteiger partial charge on any atom is -0.839 e. The second-order valence-electron chi connectivity index (χ2n) is 2.14. The zero-order valence-electron chi connectivity index (χ0n) is 6.92. The zero-order valence-corrected chi connectivity index (χ0v) is 10.0. The summed E-state index contributed by atoms with van der Waals surface area (Å²) in [6.07, 6.45) is 0. The van der Waals surface area contributed by atoms with Crippen LogP contribution < -0.4 is 61.8 Å². The van der Waals surface area contributed by atoms with Crippen LogP contribution in [0.3, 0.4) is 0 Å². The van der Waals surface area contributed by atoms with Gasteiger partial charge in [-0.05, 0) is 18.6 Å². The third-order valence-corrected chi connectivity index (χ3v) is 1.41. The molecule has 2 nitrogen and oxygen atoms in total. The Hall–Kier alpha value is 0.616. The second-order valence-corrected chi connectivity index (χ2v) is 2.14. The molecule has 0 saturated carbocycles. The Bertz CT molecular complexity index is 215. The molecule has 1 aromatic rings. The van der Waals surface area contributed by atoms with Crippen molar-refractivity contribution in [2.45, 2.75) is 6.92 Å². The van der Waals surface area contributed by atoms with E-state index >= 15 is 0 Å². The van der Waals surface area contributed by atoms with Gasteiger partial charge in [-0.2, -0.15) is 0 Å². The topological polar surface area (TPSA) is 35.1 Å². The molecule has 1 rings (SSSR count). The van der Waals surface area contributed by atoms with Crippen LogP contribution in [0.2, 0.25) is 0 Å². The maximum absolute atomic E-state index is 10.1. The van der Waals surface area contributed by atoms with Gasteiger partial charge in [-0.1, -0.05) is 24.9 Å². The van der Waals surface area contributed by atoms with Crippen LogP contribution in [0.5, 0.6) is 0 Å². The summed E-state index contributed by atoms with van der Waals surface area (Å²) in [5.74, 6) is 0. The van der Waals surface area contributed by atoms with Crippen LogP contribution in [0.25, 0.3) is 0 Å². The van der Waals surface area contributed by atoms with Gasteiger partial charge in [0, 0.05) is 5.69 Å². The third-order valence-electron chi connectivity index (χ3n) is 1.41. The molecule has 0 bridgehead atoms. The predicted octanol–water partition coefficient (Wildman–Crippen LogP) is -2.27. The molecule has 11 heavy (non-hydrogen) atoms. The first-order valence-electron chi connectivity index (χ1n) is 3.22. The normalized spacial score (nSPS) is 8.55. The van der Waals surface area contributed by atoms with Gasteiger partial charge in [0.05, 0.1) is 0 Å². The summed E-state index contributed by atoms with van der Waals surface area (Å²) < 4.78 is 0. The number of aryl methyl sites for hydroxylation is 1. The van der Waals surface area contributed by atoms with Gasteiger partial charge in [0.15, 0.2) is 0 Å². The van der Waals surface area contributed by atoms with E-state index in [4.69, 9.17) is 0 Å². The average Bonchev–Trinajstić information content (AvgIpc) is 1.94. The summed E-state index contributed by atoms with van der Waals surface area (Å²) in [6.45, 7) is 1.71. The molecule has 0 amide bonds. The maximum atomic E-state index is 10.1. The first-order chi connectivity index (χ1) is 4.84. The first kappa shape index (κ1) is 11.6. The van der Waals surface area contributed by atoms with E-state index in [0.717, 1.165) is 11.3 Å². The van der Waals surface area contributed by atoms with Gasteiger partial charge in [0.2, 0.25) is 0 Å². The molecule has 3 heteroatoms. The molecule has 0 fully saturated rings.